The van der Waals surface area contributed by atoms with Crippen molar-refractivity contribution in [3.63, 3.8) is 0 Å². The van der Waals surface area contributed by atoms with Crippen LogP contribution in [0.15, 0.2) is 36.9 Å². The first-order valence-corrected chi connectivity index (χ1v) is 9.56. The van der Waals surface area contributed by atoms with Gasteiger partial charge in [-0.3, -0.25) is 4.79 Å². The third-order valence-corrected chi connectivity index (χ3v) is 5.21. The fourth-order valence-electron chi connectivity index (χ4n) is 3.75. The van der Waals surface area contributed by atoms with Crippen molar-refractivity contribution in [1.29, 1.82) is 0 Å². The lowest BCUT2D eigenvalue weighted by atomic mass is 9.97. The number of piperidine rings is 1. The number of hydrogen-bond donors (Lipinski definition) is 0. The van der Waals surface area contributed by atoms with Gasteiger partial charge in [-0.05, 0) is 43.4 Å². The number of amides is 1. The first kappa shape index (κ1) is 19.4. The van der Waals surface area contributed by atoms with E-state index in [9.17, 15) is 4.79 Å². The molecule has 7 nitrogen and oxygen atoms in total. The molecule has 0 unspecified atom stereocenters. The summed E-state index contributed by atoms with van der Waals surface area (Å²) in [5.41, 5.74) is 1.25. The largest absolute Gasteiger partial charge is 0.496 e. The zero-order chi connectivity index (χ0) is 19.1. The van der Waals surface area contributed by atoms with E-state index >= 15 is 0 Å². The van der Waals surface area contributed by atoms with E-state index in [1.807, 2.05) is 24.1 Å². The fraction of sp³-hybridized carbons (Fsp3) is 0.550. The quantitative estimate of drug-likeness (QED) is 0.707. The van der Waals surface area contributed by atoms with Crippen LogP contribution in [0.25, 0.3) is 0 Å². The van der Waals surface area contributed by atoms with E-state index < -0.39 is 0 Å². The number of carbonyl (C=O) groups excluding carboxylic acids is 1. The third kappa shape index (κ3) is 5.53. The molecule has 1 aliphatic rings. The topological polar surface area (TPSA) is 63.5 Å². The summed E-state index contributed by atoms with van der Waals surface area (Å²) in [6.07, 6.45) is 6.37. The van der Waals surface area contributed by atoms with Crippen LogP contribution in [0.2, 0.25) is 0 Å². The van der Waals surface area contributed by atoms with Gasteiger partial charge in [0.05, 0.1) is 7.11 Å². The highest BCUT2D eigenvalue weighted by Crippen LogP contribution is 2.21. The third-order valence-electron chi connectivity index (χ3n) is 5.21. The molecular weight excluding hydrogens is 342 g/mol. The average Bonchev–Trinajstić information content (AvgIpc) is 3.20. The van der Waals surface area contributed by atoms with Crippen molar-refractivity contribution in [2.24, 2.45) is 5.92 Å². The Bertz CT molecular complexity index is 719. The first-order chi connectivity index (χ1) is 13.2. The van der Waals surface area contributed by atoms with Gasteiger partial charge in [-0.1, -0.05) is 18.2 Å². The van der Waals surface area contributed by atoms with Gasteiger partial charge in [0.2, 0.25) is 5.91 Å². The molecule has 146 valence electrons. The maximum Gasteiger partial charge on any atom is 0.244 e. The van der Waals surface area contributed by atoms with Crippen LogP contribution in [0.1, 0.15) is 18.4 Å². The van der Waals surface area contributed by atoms with E-state index in [2.05, 4.69) is 27.1 Å². The van der Waals surface area contributed by atoms with Crippen molar-refractivity contribution < 1.29 is 9.53 Å². The van der Waals surface area contributed by atoms with Crippen molar-refractivity contribution >= 4 is 5.91 Å². The Morgan fingerprint density at radius 3 is 3.00 bits per heavy atom. The van der Waals surface area contributed by atoms with Crippen molar-refractivity contribution in [2.75, 3.05) is 40.3 Å². The van der Waals surface area contributed by atoms with Crippen LogP contribution in [-0.4, -0.2) is 70.8 Å². The summed E-state index contributed by atoms with van der Waals surface area (Å²) in [4.78, 5) is 20.6. The monoisotopic (exact) mass is 371 g/mol. The molecular formula is C20H29N5O2. The molecule has 7 heteroatoms. The molecule has 0 bridgehead atoms. The predicted octanol–water partition coefficient (Wildman–Crippen LogP) is 1.70. The standard InChI is InChI=1S/C20H29N5O2/c1-23(20(26)14-25-16-21-15-22-25)12-17-6-5-10-24(13-17)11-9-18-7-3-4-8-19(18)27-2/h3-4,7-8,15-17H,5-6,9-14H2,1-2H3/t17-/m0/s1. The van der Waals surface area contributed by atoms with Crippen molar-refractivity contribution in [3.8, 4) is 5.75 Å². The zero-order valence-corrected chi connectivity index (χ0v) is 16.3. The molecule has 0 spiro atoms. The van der Waals surface area contributed by atoms with Gasteiger partial charge in [0.25, 0.3) is 0 Å². The summed E-state index contributed by atoms with van der Waals surface area (Å²) in [5, 5.41) is 4.00. The molecule has 1 amide bonds. The molecule has 1 aromatic heterocycles. The number of aromatic nitrogens is 3. The Labute approximate surface area is 160 Å². The molecule has 1 aliphatic heterocycles. The Kier molecular flexibility index (Phi) is 6.81. The molecule has 0 aliphatic carbocycles. The molecule has 1 saturated heterocycles. The number of hydrogen-bond acceptors (Lipinski definition) is 5. The van der Waals surface area contributed by atoms with E-state index in [-0.39, 0.29) is 12.5 Å². The van der Waals surface area contributed by atoms with Gasteiger partial charge in [-0.25, -0.2) is 9.67 Å². The summed E-state index contributed by atoms with van der Waals surface area (Å²) >= 11 is 0. The first-order valence-electron chi connectivity index (χ1n) is 9.56. The lowest BCUT2D eigenvalue weighted by Gasteiger charge is -2.34. The lowest BCUT2D eigenvalue weighted by Crippen LogP contribution is -2.42. The van der Waals surface area contributed by atoms with Gasteiger partial charge in [-0.15, -0.1) is 0 Å². The molecule has 3 rings (SSSR count). The van der Waals surface area contributed by atoms with E-state index in [0.717, 1.165) is 38.3 Å². The van der Waals surface area contributed by atoms with Crippen molar-refractivity contribution in [2.45, 2.75) is 25.8 Å². The Balaban J connectivity index is 1.46. The highest BCUT2D eigenvalue weighted by molar-refractivity contribution is 5.75. The summed E-state index contributed by atoms with van der Waals surface area (Å²) in [6, 6.07) is 8.22. The molecule has 1 atom stereocenters. The fourth-order valence-corrected chi connectivity index (χ4v) is 3.75. The highest BCUT2D eigenvalue weighted by Gasteiger charge is 2.23. The number of carbonyl (C=O) groups is 1. The number of likely N-dealkylation sites (tertiary alicyclic amines) is 1. The van der Waals surface area contributed by atoms with Crippen LogP contribution in [0, 0.1) is 5.92 Å². The SMILES string of the molecule is COc1ccccc1CCN1CCC[C@@H](CN(C)C(=O)Cn2cncn2)C1. The minimum atomic E-state index is 0.0756. The van der Waals surface area contributed by atoms with Crippen LogP contribution in [0.5, 0.6) is 5.75 Å². The number of rotatable bonds is 8. The number of methoxy groups -OCH3 is 1. The normalized spacial score (nSPS) is 17.6. The average molecular weight is 371 g/mol. The summed E-state index contributed by atoms with van der Waals surface area (Å²) < 4.78 is 7.02. The van der Waals surface area contributed by atoms with E-state index in [1.54, 1.807) is 18.1 Å². The molecule has 0 saturated carbocycles. The van der Waals surface area contributed by atoms with Gasteiger partial charge in [0.15, 0.2) is 0 Å². The molecule has 0 N–H and O–H groups in total. The Hall–Kier alpha value is -2.41. The van der Waals surface area contributed by atoms with Crippen molar-refractivity contribution in [3.05, 3.63) is 42.5 Å². The maximum atomic E-state index is 12.4. The second-order valence-corrected chi connectivity index (χ2v) is 7.24. The Morgan fingerprint density at radius 1 is 1.37 bits per heavy atom. The van der Waals surface area contributed by atoms with Gasteiger partial charge >= 0.3 is 0 Å². The second-order valence-electron chi connectivity index (χ2n) is 7.24. The number of nitrogens with zero attached hydrogens (tertiary/aromatic N) is 5. The maximum absolute atomic E-state index is 12.4. The number of benzene rings is 1. The number of likely N-dealkylation sites (N-methyl/N-ethyl adjacent to an activating group) is 1. The summed E-state index contributed by atoms with van der Waals surface area (Å²) in [5.74, 6) is 1.55. The molecule has 2 aromatic rings. The van der Waals surface area contributed by atoms with E-state index in [0.29, 0.717) is 5.92 Å². The van der Waals surface area contributed by atoms with Crippen LogP contribution >= 0.6 is 0 Å². The lowest BCUT2D eigenvalue weighted by molar-refractivity contribution is -0.131. The van der Waals surface area contributed by atoms with E-state index in [1.165, 1.54) is 24.7 Å². The molecule has 1 fully saturated rings. The van der Waals surface area contributed by atoms with Gasteiger partial charge in [0.1, 0.15) is 24.9 Å². The van der Waals surface area contributed by atoms with Crippen LogP contribution < -0.4 is 4.74 Å². The van der Waals surface area contributed by atoms with Crippen LogP contribution in [-0.2, 0) is 17.8 Å². The zero-order valence-electron chi connectivity index (χ0n) is 16.3. The van der Waals surface area contributed by atoms with Gasteiger partial charge < -0.3 is 14.5 Å². The number of ether oxygens (including phenoxy) is 1. The minimum absolute atomic E-state index is 0.0756. The second kappa shape index (κ2) is 9.50. The van der Waals surface area contributed by atoms with Crippen molar-refractivity contribution in [1.82, 2.24) is 24.6 Å². The molecule has 1 aromatic carbocycles. The Morgan fingerprint density at radius 2 is 2.22 bits per heavy atom. The number of para-hydroxylation sites is 1. The summed E-state index contributed by atoms with van der Waals surface area (Å²) in [6.45, 7) is 4.23. The smallest absolute Gasteiger partial charge is 0.244 e. The van der Waals surface area contributed by atoms with Crippen LogP contribution in [0.4, 0.5) is 0 Å². The molecule has 27 heavy (non-hydrogen) atoms. The van der Waals surface area contributed by atoms with Gasteiger partial charge in [0, 0.05) is 26.7 Å². The van der Waals surface area contributed by atoms with E-state index in [4.69, 9.17) is 4.74 Å². The molecule has 0 radical (unpaired) electrons. The highest BCUT2D eigenvalue weighted by atomic mass is 16.5. The molecule has 2 heterocycles. The minimum Gasteiger partial charge on any atom is -0.496 e. The van der Waals surface area contributed by atoms with Gasteiger partial charge in [-0.2, -0.15) is 5.10 Å². The summed E-state index contributed by atoms with van der Waals surface area (Å²) in [7, 11) is 3.61. The van der Waals surface area contributed by atoms with Crippen LogP contribution in [0.3, 0.4) is 0 Å². The predicted molar refractivity (Wildman–Crippen MR) is 104 cm³/mol.